The molecule has 0 spiro atoms. The van der Waals surface area contributed by atoms with Gasteiger partial charge in [0.15, 0.2) is 5.69 Å². The summed E-state index contributed by atoms with van der Waals surface area (Å²) in [6.45, 7) is 10.9. The zero-order valence-corrected chi connectivity index (χ0v) is 23.1. The Bertz CT molecular complexity index is 1230. The summed E-state index contributed by atoms with van der Waals surface area (Å²) in [7, 11) is 0. The predicted molar refractivity (Wildman–Crippen MR) is 144 cm³/mol. The maximum absolute atomic E-state index is 13.9. The van der Waals surface area contributed by atoms with Gasteiger partial charge in [-0.25, -0.2) is 4.39 Å². The first-order valence-electron chi connectivity index (χ1n) is 13.9. The second kappa shape index (κ2) is 10.3. The molecule has 1 unspecified atom stereocenters. The molecule has 1 aromatic heterocycles. The van der Waals surface area contributed by atoms with E-state index < -0.39 is 11.6 Å². The van der Waals surface area contributed by atoms with Crippen LogP contribution in [0.2, 0.25) is 0 Å². The van der Waals surface area contributed by atoms with Crippen LogP contribution in [0.4, 0.5) is 10.1 Å². The van der Waals surface area contributed by atoms with E-state index in [1.165, 1.54) is 6.07 Å². The molecule has 1 aromatic carbocycles. The monoisotopic (exact) mass is 525 g/mol. The van der Waals surface area contributed by atoms with Gasteiger partial charge in [0, 0.05) is 55.2 Å². The quantitative estimate of drug-likeness (QED) is 0.663. The Morgan fingerprint density at radius 3 is 2.47 bits per heavy atom. The standard InChI is InChI=1S/C29H40FN5O3/c1-19-20(2)24(10-9-23(19)30)32-13-15-33(16-14-32)26(37)18-35-25-8-6-5-7-22(25)27(31-35)28(38)34-12-11-21(36)17-29(34,3)4/h9-10,21,36H,5-8,11-18H2,1-4H3. The maximum atomic E-state index is 13.9. The van der Waals surface area contributed by atoms with Crippen LogP contribution < -0.4 is 4.90 Å². The number of piperazine rings is 1. The van der Waals surface area contributed by atoms with Gasteiger partial charge in [0.05, 0.1) is 6.10 Å². The van der Waals surface area contributed by atoms with Crippen molar-refractivity contribution in [2.45, 2.75) is 84.4 Å². The Labute approximate surface area is 224 Å². The van der Waals surface area contributed by atoms with Crippen LogP contribution in [-0.4, -0.2) is 80.9 Å². The summed E-state index contributed by atoms with van der Waals surface area (Å²) in [4.78, 5) is 33.0. The largest absolute Gasteiger partial charge is 0.393 e. The van der Waals surface area contributed by atoms with E-state index in [0.29, 0.717) is 56.8 Å². The molecular formula is C29H40FN5O3. The lowest BCUT2D eigenvalue weighted by Crippen LogP contribution is -2.54. The SMILES string of the molecule is Cc1c(F)ccc(N2CCN(C(=O)Cn3nc(C(=O)N4CCC(O)CC4(C)C)c4c3CCCC4)CC2)c1C. The number of carbonyl (C=O) groups is 2. The van der Waals surface area contributed by atoms with E-state index in [-0.39, 0.29) is 24.2 Å². The molecule has 206 valence electrons. The summed E-state index contributed by atoms with van der Waals surface area (Å²) in [6, 6.07) is 3.34. The van der Waals surface area contributed by atoms with Crippen LogP contribution in [0.25, 0.3) is 0 Å². The van der Waals surface area contributed by atoms with Crippen molar-refractivity contribution in [2.24, 2.45) is 0 Å². The lowest BCUT2D eigenvalue weighted by Gasteiger charge is -2.44. The molecule has 2 aromatic rings. The number of carbonyl (C=O) groups excluding carboxylic acids is 2. The number of hydrogen-bond acceptors (Lipinski definition) is 5. The van der Waals surface area contributed by atoms with Crippen LogP contribution in [-0.2, 0) is 24.2 Å². The highest BCUT2D eigenvalue weighted by atomic mass is 19.1. The minimum absolute atomic E-state index is 0.00737. The number of nitrogens with zero attached hydrogens (tertiary/aromatic N) is 5. The molecule has 0 bridgehead atoms. The first-order valence-corrected chi connectivity index (χ1v) is 13.9. The fourth-order valence-electron chi connectivity index (χ4n) is 6.39. The molecular weight excluding hydrogens is 485 g/mol. The fraction of sp³-hybridized carbons (Fsp3) is 0.621. The molecule has 38 heavy (non-hydrogen) atoms. The number of benzene rings is 1. The summed E-state index contributed by atoms with van der Waals surface area (Å²) in [6.07, 6.45) is 4.38. The molecule has 1 atom stereocenters. The Kier molecular flexibility index (Phi) is 7.24. The third kappa shape index (κ3) is 4.93. The topological polar surface area (TPSA) is 81.9 Å². The lowest BCUT2D eigenvalue weighted by atomic mass is 9.87. The molecule has 2 fully saturated rings. The number of amides is 2. The highest BCUT2D eigenvalue weighted by Crippen LogP contribution is 2.32. The number of aliphatic hydroxyl groups excluding tert-OH is 1. The molecule has 1 aliphatic carbocycles. The number of halogens is 1. The van der Waals surface area contributed by atoms with E-state index in [1.54, 1.807) is 11.6 Å². The van der Waals surface area contributed by atoms with Gasteiger partial charge >= 0.3 is 0 Å². The first kappa shape index (κ1) is 26.7. The van der Waals surface area contributed by atoms with E-state index in [2.05, 4.69) is 4.90 Å². The third-order valence-corrected chi connectivity index (χ3v) is 8.81. The molecule has 5 rings (SSSR count). The summed E-state index contributed by atoms with van der Waals surface area (Å²) in [5, 5.41) is 14.9. The normalized spacial score (nSPS) is 21.4. The van der Waals surface area contributed by atoms with Crippen LogP contribution in [0.1, 0.15) is 72.4 Å². The molecule has 2 aliphatic heterocycles. The van der Waals surface area contributed by atoms with Crippen molar-refractivity contribution < 1.29 is 19.1 Å². The Morgan fingerprint density at radius 1 is 1.05 bits per heavy atom. The zero-order valence-electron chi connectivity index (χ0n) is 23.1. The van der Waals surface area contributed by atoms with Gasteiger partial charge in [0.2, 0.25) is 5.91 Å². The number of hydrogen-bond donors (Lipinski definition) is 1. The van der Waals surface area contributed by atoms with Crippen molar-refractivity contribution >= 4 is 17.5 Å². The van der Waals surface area contributed by atoms with Crippen LogP contribution in [0.5, 0.6) is 0 Å². The van der Waals surface area contributed by atoms with Crippen LogP contribution in [0.15, 0.2) is 12.1 Å². The van der Waals surface area contributed by atoms with Crippen molar-refractivity contribution in [2.75, 3.05) is 37.6 Å². The molecule has 9 heteroatoms. The van der Waals surface area contributed by atoms with Crippen molar-refractivity contribution in [3.8, 4) is 0 Å². The molecule has 3 aliphatic rings. The molecule has 0 radical (unpaired) electrons. The van der Waals surface area contributed by atoms with Crippen molar-refractivity contribution in [3.05, 3.63) is 46.0 Å². The van der Waals surface area contributed by atoms with Crippen molar-refractivity contribution in [3.63, 3.8) is 0 Å². The number of rotatable bonds is 4. The van der Waals surface area contributed by atoms with Crippen molar-refractivity contribution in [1.82, 2.24) is 19.6 Å². The summed E-state index contributed by atoms with van der Waals surface area (Å²) >= 11 is 0. The van der Waals surface area contributed by atoms with Gasteiger partial charge in [-0.1, -0.05) is 0 Å². The average Bonchev–Trinajstić information content (AvgIpc) is 3.25. The molecule has 2 amide bonds. The van der Waals surface area contributed by atoms with Gasteiger partial charge in [0.25, 0.3) is 5.91 Å². The van der Waals surface area contributed by atoms with Gasteiger partial charge in [-0.3, -0.25) is 14.3 Å². The molecule has 3 heterocycles. The highest BCUT2D eigenvalue weighted by molar-refractivity contribution is 5.95. The number of likely N-dealkylation sites (tertiary alicyclic amines) is 1. The molecule has 0 saturated carbocycles. The minimum atomic E-state index is -0.447. The van der Waals surface area contributed by atoms with Crippen molar-refractivity contribution in [1.29, 1.82) is 0 Å². The first-order chi connectivity index (χ1) is 18.1. The van der Waals surface area contributed by atoms with Gasteiger partial charge in [0.1, 0.15) is 12.4 Å². The van der Waals surface area contributed by atoms with E-state index >= 15 is 0 Å². The zero-order chi connectivity index (χ0) is 27.2. The number of aromatic nitrogens is 2. The number of anilines is 1. The van der Waals surface area contributed by atoms with E-state index in [0.717, 1.165) is 48.2 Å². The smallest absolute Gasteiger partial charge is 0.275 e. The summed E-state index contributed by atoms with van der Waals surface area (Å²) < 4.78 is 15.7. The van der Waals surface area contributed by atoms with E-state index in [9.17, 15) is 19.1 Å². The average molecular weight is 526 g/mol. The fourth-order valence-corrected chi connectivity index (χ4v) is 6.39. The second-order valence-electron chi connectivity index (χ2n) is 11.7. The van der Waals surface area contributed by atoms with E-state index in [4.69, 9.17) is 5.10 Å². The van der Waals surface area contributed by atoms with Crippen LogP contribution in [0, 0.1) is 19.7 Å². The van der Waals surface area contributed by atoms with E-state index in [1.807, 2.05) is 36.6 Å². The predicted octanol–water partition coefficient (Wildman–Crippen LogP) is 3.24. The number of aliphatic hydroxyl groups is 1. The molecule has 1 N–H and O–H groups in total. The Balaban J connectivity index is 1.29. The third-order valence-electron chi connectivity index (χ3n) is 8.81. The maximum Gasteiger partial charge on any atom is 0.275 e. The van der Waals surface area contributed by atoms with Gasteiger partial charge in [-0.2, -0.15) is 5.10 Å². The van der Waals surface area contributed by atoms with Crippen LogP contribution in [0.3, 0.4) is 0 Å². The second-order valence-corrected chi connectivity index (χ2v) is 11.7. The van der Waals surface area contributed by atoms with Gasteiger partial charge in [-0.15, -0.1) is 0 Å². The number of fused-ring (bicyclic) bond motifs is 1. The highest BCUT2D eigenvalue weighted by Gasteiger charge is 2.40. The number of piperidine rings is 1. The van der Waals surface area contributed by atoms with Crippen LogP contribution >= 0.6 is 0 Å². The summed E-state index contributed by atoms with van der Waals surface area (Å²) in [5.41, 5.74) is 4.66. The molecule has 8 nitrogen and oxygen atoms in total. The Morgan fingerprint density at radius 2 is 1.76 bits per heavy atom. The molecule has 2 saturated heterocycles. The minimum Gasteiger partial charge on any atom is -0.393 e. The van der Waals surface area contributed by atoms with Gasteiger partial charge in [-0.05, 0) is 89.5 Å². The summed E-state index contributed by atoms with van der Waals surface area (Å²) in [5.74, 6) is -0.278. The Hall–Kier alpha value is -2.94. The van der Waals surface area contributed by atoms with Gasteiger partial charge < -0.3 is 19.8 Å². The lowest BCUT2D eigenvalue weighted by molar-refractivity contribution is -0.132.